The Kier molecular flexibility index (Phi) is 6.39. The molecule has 2 aliphatic rings. The van der Waals surface area contributed by atoms with Gasteiger partial charge in [-0.1, -0.05) is 19.8 Å². The van der Waals surface area contributed by atoms with Crippen molar-refractivity contribution in [2.45, 2.75) is 45.1 Å². The van der Waals surface area contributed by atoms with E-state index in [1.807, 2.05) is 0 Å². The molecule has 106 valence electrons. The van der Waals surface area contributed by atoms with Gasteiger partial charge in [0.25, 0.3) is 0 Å². The largest absolute Gasteiger partial charge is 0.378 e. The molecule has 2 N–H and O–H groups in total. The number of halogens is 1. The predicted octanol–water partition coefficient (Wildman–Crippen LogP) is 1.48. The molecule has 1 saturated heterocycles. The van der Waals surface area contributed by atoms with Crippen molar-refractivity contribution < 1.29 is 9.53 Å². The second-order valence-corrected chi connectivity index (χ2v) is 5.72. The van der Waals surface area contributed by atoms with Gasteiger partial charge in [0.15, 0.2) is 0 Å². The van der Waals surface area contributed by atoms with Crippen LogP contribution in [0.15, 0.2) is 0 Å². The van der Waals surface area contributed by atoms with Crippen molar-refractivity contribution in [1.29, 1.82) is 0 Å². The Bertz CT molecular complexity index is 262. The lowest BCUT2D eigenvalue weighted by molar-refractivity contribution is -0.122. The number of morpholine rings is 1. The summed E-state index contributed by atoms with van der Waals surface area (Å²) >= 11 is 0. The van der Waals surface area contributed by atoms with Crippen LogP contribution < -0.4 is 10.6 Å². The number of ether oxygens (including phenoxy) is 1. The third kappa shape index (κ3) is 4.75. The van der Waals surface area contributed by atoms with Gasteiger partial charge in [0.1, 0.15) is 0 Å². The van der Waals surface area contributed by atoms with Gasteiger partial charge in [-0.25, -0.2) is 0 Å². The first kappa shape index (κ1) is 15.7. The van der Waals surface area contributed by atoms with Crippen molar-refractivity contribution in [3.05, 3.63) is 0 Å². The zero-order chi connectivity index (χ0) is 12.1. The van der Waals surface area contributed by atoms with Crippen molar-refractivity contribution in [3.63, 3.8) is 0 Å². The highest BCUT2D eigenvalue weighted by molar-refractivity contribution is 5.85. The maximum atomic E-state index is 11.8. The minimum atomic E-state index is 0. The average Bonchev–Trinajstić information content (AvgIpc) is 2.76. The van der Waals surface area contributed by atoms with Crippen molar-refractivity contribution in [2.75, 3.05) is 26.3 Å². The highest BCUT2D eigenvalue weighted by Crippen LogP contribution is 2.36. The molecule has 1 atom stereocenters. The number of rotatable bonds is 4. The van der Waals surface area contributed by atoms with E-state index in [1.165, 1.54) is 25.7 Å². The van der Waals surface area contributed by atoms with E-state index in [1.54, 1.807) is 0 Å². The fourth-order valence-electron chi connectivity index (χ4n) is 2.76. The second kappa shape index (κ2) is 7.31. The molecule has 1 aliphatic heterocycles. The van der Waals surface area contributed by atoms with Gasteiger partial charge in [0, 0.05) is 25.6 Å². The molecule has 4 nitrogen and oxygen atoms in total. The number of amides is 1. The molecule has 1 saturated carbocycles. The van der Waals surface area contributed by atoms with E-state index in [-0.39, 0.29) is 24.4 Å². The molecule has 0 aromatic heterocycles. The van der Waals surface area contributed by atoms with Crippen LogP contribution >= 0.6 is 12.4 Å². The van der Waals surface area contributed by atoms with Gasteiger partial charge in [-0.15, -0.1) is 12.4 Å². The summed E-state index contributed by atoms with van der Waals surface area (Å²) < 4.78 is 5.34. The molecule has 1 unspecified atom stereocenters. The molecule has 1 amide bonds. The number of nitrogens with one attached hydrogen (secondary N) is 2. The van der Waals surface area contributed by atoms with Gasteiger partial charge >= 0.3 is 0 Å². The summed E-state index contributed by atoms with van der Waals surface area (Å²) in [4.78, 5) is 11.8. The van der Waals surface area contributed by atoms with Crippen molar-refractivity contribution in [1.82, 2.24) is 10.6 Å². The predicted molar refractivity (Wildman–Crippen MR) is 74.1 cm³/mol. The highest BCUT2D eigenvalue weighted by atomic mass is 35.5. The van der Waals surface area contributed by atoms with Gasteiger partial charge in [-0.3, -0.25) is 4.79 Å². The van der Waals surface area contributed by atoms with Crippen LogP contribution in [0.25, 0.3) is 0 Å². The van der Waals surface area contributed by atoms with E-state index in [2.05, 4.69) is 17.6 Å². The number of carbonyl (C=O) groups excluding carboxylic acids is 1. The van der Waals surface area contributed by atoms with Crippen LogP contribution in [0.4, 0.5) is 0 Å². The summed E-state index contributed by atoms with van der Waals surface area (Å²) in [5, 5.41) is 6.38. The fraction of sp³-hybridized carbons (Fsp3) is 0.923. The first-order valence-electron chi connectivity index (χ1n) is 6.76. The van der Waals surface area contributed by atoms with Crippen molar-refractivity contribution in [2.24, 2.45) is 5.41 Å². The Morgan fingerprint density at radius 3 is 2.78 bits per heavy atom. The lowest BCUT2D eigenvalue weighted by atomic mass is 9.89. The van der Waals surface area contributed by atoms with Crippen molar-refractivity contribution >= 4 is 18.3 Å². The van der Waals surface area contributed by atoms with Gasteiger partial charge in [0.2, 0.25) is 5.91 Å². The van der Waals surface area contributed by atoms with Crippen molar-refractivity contribution in [3.8, 4) is 0 Å². The van der Waals surface area contributed by atoms with Crippen LogP contribution in [0.2, 0.25) is 0 Å². The van der Waals surface area contributed by atoms with Crippen LogP contribution in [0.5, 0.6) is 0 Å². The van der Waals surface area contributed by atoms with E-state index < -0.39 is 0 Å². The number of hydrogen-bond donors (Lipinski definition) is 2. The monoisotopic (exact) mass is 276 g/mol. The summed E-state index contributed by atoms with van der Waals surface area (Å²) in [6, 6.07) is 0.195. The molecule has 0 aromatic carbocycles. The molecule has 2 fully saturated rings. The second-order valence-electron chi connectivity index (χ2n) is 5.72. The maximum absolute atomic E-state index is 11.8. The van der Waals surface area contributed by atoms with E-state index in [0.29, 0.717) is 18.4 Å². The topological polar surface area (TPSA) is 50.4 Å². The third-order valence-corrected chi connectivity index (χ3v) is 3.95. The smallest absolute Gasteiger partial charge is 0.221 e. The molecule has 5 heteroatoms. The van der Waals surface area contributed by atoms with E-state index in [4.69, 9.17) is 4.74 Å². The van der Waals surface area contributed by atoms with Gasteiger partial charge in [-0.05, 0) is 18.3 Å². The Morgan fingerprint density at radius 2 is 2.17 bits per heavy atom. The van der Waals surface area contributed by atoms with E-state index in [0.717, 1.165) is 19.7 Å². The lowest BCUT2D eigenvalue weighted by Crippen LogP contribution is -2.45. The van der Waals surface area contributed by atoms with Crippen LogP contribution in [0.3, 0.4) is 0 Å². The molecular weight excluding hydrogens is 252 g/mol. The molecule has 1 aliphatic carbocycles. The molecule has 0 aromatic rings. The molecule has 2 rings (SSSR count). The molecule has 1 heterocycles. The Labute approximate surface area is 116 Å². The standard InChI is InChI=1S/C13H24N2O2.ClH/c1-13(4-2-3-5-13)10-15-12(16)8-11-9-17-7-6-14-11;/h11,14H,2-10H2,1H3,(H,15,16);1H. The quantitative estimate of drug-likeness (QED) is 0.818. The third-order valence-electron chi connectivity index (χ3n) is 3.95. The van der Waals surface area contributed by atoms with E-state index >= 15 is 0 Å². The zero-order valence-corrected chi connectivity index (χ0v) is 12.0. The maximum Gasteiger partial charge on any atom is 0.221 e. The summed E-state index contributed by atoms with van der Waals surface area (Å²) in [6.45, 7) is 5.39. The molecule has 0 bridgehead atoms. The van der Waals surface area contributed by atoms with Gasteiger partial charge in [0.05, 0.1) is 13.2 Å². The minimum absolute atomic E-state index is 0. The Balaban J connectivity index is 0.00000162. The molecule has 18 heavy (non-hydrogen) atoms. The average molecular weight is 277 g/mol. The first-order chi connectivity index (χ1) is 8.18. The minimum Gasteiger partial charge on any atom is -0.378 e. The van der Waals surface area contributed by atoms with Crippen LogP contribution in [-0.4, -0.2) is 38.3 Å². The summed E-state index contributed by atoms with van der Waals surface area (Å²) in [6.07, 6.45) is 5.65. The number of carbonyl (C=O) groups is 1. The van der Waals surface area contributed by atoms with Crippen LogP contribution in [-0.2, 0) is 9.53 Å². The summed E-state index contributed by atoms with van der Waals surface area (Å²) in [5.74, 6) is 0.154. The van der Waals surface area contributed by atoms with Gasteiger partial charge in [-0.2, -0.15) is 0 Å². The molecule has 0 radical (unpaired) electrons. The molecule has 0 spiro atoms. The highest BCUT2D eigenvalue weighted by Gasteiger charge is 2.29. The zero-order valence-electron chi connectivity index (χ0n) is 11.2. The van der Waals surface area contributed by atoms with E-state index in [9.17, 15) is 4.79 Å². The molecular formula is C13H25ClN2O2. The Hall–Kier alpha value is -0.320. The normalized spacial score (nSPS) is 26.4. The Morgan fingerprint density at radius 1 is 1.44 bits per heavy atom. The number of hydrogen-bond acceptors (Lipinski definition) is 3. The first-order valence-corrected chi connectivity index (χ1v) is 6.76. The fourth-order valence-corrected chi connectivity index (χ4v) is 2.76. The van der Waals surface area contributed by atoms with Crippen LogP contribution in [0, 0.1) is 5.41 Å². The SMILES string of the molecule is CC1(CNC(=O)CC2COCCN2)CCCC1.Cl. The summed E-state index contributed by atoms with van der Waals surface area (Å²) in [5.41, 5.74) is 0.339. The van der Waals surface area contributed by atoms with Gasteiger partial charge < -0.3 is 15.4 Å². The lowest BCUT2D eigenvalue weighted by Gasteiger charge is -2.26. The van der Waals surface area contributed by atoms with Crippen LogP contribution in [0.1, 0.15) is 39.0 Å². The summed E-state index contributed by atoms with van der Waals surface area (Å²) in [7, 11) is 0.